The van der Waals surface area contributed by atoms with Gasteiger partial charge in [-0.2, -0.15) is 4.31 Å². The van der Waals surface area contributed by atoms with Gasteiger partial charge in [-0.3, -0.25) is 5.32 Å². The Balaban J connectivity index is 1.85. The first kappa shape index (κ1) is 31.3. The summed E-state index contributed by atoms with van der Waals surface area (Å²) in [5, 5.41) is 8.89. The molecule has 0 radical (unpaired) electrons. The first-order valence-electron chi connectivity index (χ1n) is 12.5. The van der Waals surface area contributed by atoms with E-state index < -0.39 is 50.3 Å². The van der Waals surface area contributed by atoms with E-state index in [1.807, 2.05) is 0 Å². The van der Waals surface area contributed by atoms with E-state index in [-0.39, 0.29) is 33.2 Å². The number of nitrogens with zero attached hydrogens (tertiary/aromatic N) is 3. The van der Waals surface area contributed by atoms with Crippen LogP contribution in [-0.4, -0.2) is 61.0 Å². The highest BCUT2D eigenvalue weighted by atomic mass is 35.5. The van der Waals surface area contributed by atoms with Gasteiger partial charge in [0.15, 0.2) is 0 Å². The van der Waals surface area contributed by atoms with Gasteiger partial charge in [-0.05, 0) is 66.6 Å². The van der Waals surface area contributed by atoms with Gasteiger partial charge in [0.2, 0.25) is 0 Å². The molecular formula is C25H34ClFN6O6S. The van der Waals surface area contributed by atoms with Crippen LogP contribution in [0.2, 0.25) is 5.02 Å². The Hall–Kier alpha value is -3.23. The molecule has 0 aliphatic carbocycles. The second-order valence-corrected chi connectivity index (χ2v) is 13.3. The highest BCUT2D eigenvalue weighted by Gasteiger charge is 2.38. The normalized spacial score (nSPS) is 17.7. The second kappa shape index (κ2) is 12.1. The van der Waals surface area contributed by atoms with E-state index in [1.54, 1.807) is 41.5 Å². The fourth-order valence-electron chi connectivity index (χ4n) is 3.82. The molecule has 40 heavy (non-hydrogen) atoms. The molecule has 220 valence electrons. The molecule has 1 fully saturated rings. The summed E-state index contributed by atoms with van der Waals surface area (Å²) in [5.41, 5.74) is -1.82. The molecular weight excluding hydrogens is 567 g/mol. The molecule has 1 aliphatic heterocycles. The SMILES string of the molecule is CC(C)(C)OC(=O)NCC1CCNC1Nc1cc(F)c(S(=O)(=O)N(C(=O)OC(C)(C)C)c2cncnc2)cc1Cl. The van der Waals surface area contributed by atoms with Crippen LogP contribution >= 0.6 is 11.6 Å². The number of carbonyl (C=O) groups excluding carboxylic acids is 2. The van der Waals surface area contributed by atoms with Gasteiger partial charge in [0, 0.05) is 12.5 Å². The third kappa shape index (κ3) is 8.15. The molecule has 2 heterocycles. The van der Waals surface area contributed by atoms with Crippen molar-refractivity contribution in [1.29, 1.82) is 0 Å². The molecule has 2 unspecified atom stereocenters. The quantitative estimate of drug-likeness (QED) is 0.420. The van der Waals surface area contributed by atoms with E-state index in [1.165, 1.54) is 0 Å². The minimum absolute atomic E-state index is 0.101. The highest BCUT2D eigenvalue weighted by Crippen LogP contribution is 2.33. The fraction of sp³-hybridized carbons (Fsp3) is 0.520. The number of hydrogen-bond donors (Lipinski definition) is 3. The lowest BCUT2D eigenvalue weighted by Crippen LogP contribution is -2.42. The molecule has 15 heteroatoms. The standard InChI is InChI=1S/C25H34ClFN6O6S/c1-24(2,3)38-22(34)31-11-15-7-8-30-21(15)32-19-10-18(27)20(9-17(19)26)40(36,37)33(16-12-28-14-29-13-16)23(35)39-25(4,5)6/h9-10,12-15,21,30,32H,7-8,11H2,1-6H3,(H,31,34). The fourth-order valence-corrected chi connectivity index (χ4v) is 5.48. The number of sulfonamides is 1. The maximum atomic E-state index is 15.4. The van der Waals surface area contributed by atoms with Crippen molar-refractivity contribution >= 4 is 45.2 Å². The molecule has 0 saturated carbocycles. The van der Waals surface area contributed by atoms with Crippen molar-refractivity contribution in [2.75, 3.05) is 22.7 Å². The predicted molar refractivity (Wildman–Crippen MR) is 147 cm³/mol. The van der Waals surface area contributed by atoms with Gasteiger partial charge in [0.1, 0.15) is 33.9 Å². The number of benzene rings is 1. The summed E-state index contributed by atoms with van der Waals surface area (Å²) in [6.45, 7) is 10.8. The van der Waals surface area contributed by atoms with Crippen LogP contribution in [0.4, 0.5) is 25.4 Å². The molecule has 1 aromatic heterocycles. The molecule has 3 N–H and O–H groups in total. The molecule has 2 aromatic rings. The number of alkyl carbamates (subject to hydrolysis) is 1. The average Bonchev–Trinajstić information content (AvgIpc) is 3.25. The summed E-state index contributed by atoms with van der Waals surface area (Å²) in [6.07, 6.45) is 1.78. The zero-order valence-corrected chi connectivity index (χ0v) is 24.7. The second-order valence-electron chi connectivity index (χ2n) is 11.1. The lowest BCUT2D eigenvalue weighted by molar-refractivity contribution is 0.0517. The molecule has 1 aliphatic rings. The Morgan fingerprint density at radius 3 is 2.35 bits per heavy atom. The maximum absolute atomic E-state index is 15.4. The van der Waals surface area contributed by atoms with Gasteiger partial charge < -0.3 is 20.1 Å². The van der Waals surface area contributed by atoms with Crippen LogP contribution in [0.5, 0.6) is 0 Å². The lowest BCUT2D eigenvalue weighted by atomic mass is 10.1. The van der Waals surface area contributed by atoms with Crippen LogP contribution < -0.4 is 20.3 Å². The van der Waals surface area contributed by atoms with Crippen LogP contribution in [0, 0.1) is 11.7 Å². The van der Waals surface area contributed by atoms with Crippen LogP contribution in [0.3, 0.4) is 0 Å². The number of anilines is 2. The zero-order chi connectivity index (χ0) is 29.9. The van der Waals surface area contributed by atoms with E-state index in [0.29, 0.717) is 13.0 Å². The molecule has 12 nitrogen and oxygen atoms in total. The zero-order valence-electron chi connectivity index (χ0n) is 23.1. The molecule has 3 rings (SSSR count). The lowest BCUT2D eigenvalue weighted by Gasteiger charge is -2.27. The molecule has 0 spiro atoms. The topological polar surface area (TPSA) is 152 Å². The van der Waals surface area contributed by atoms with Crippen molar-refractivity contribution in [2.24, 2.45) is 5.92 Å². The van der Waals surface area contributed by atoms with E-state index in [4.69, 9.17) is 21.1 Å². The van der Waals surface area contributed by atoms with Crippen LogP contribution in [0.25, 0.3) is 0 Å². The summed E-state index contributed by atoms with van der Waals surface area (Å²) in [7, 11) is -4.85. The number of hydrogen-bond acceptors (Lipinski definition) is 10. The number of carbonyl (C=O) groups is 2. The Kier molecular flexibility index (Phi) is 9.47. The monoisotopic (exact) mass is 600 g/mol. The summed E-state index contributed by atoms with van der Waals surface area (Å²) in [6, 6.07) is 1.85. The maximum Gasteiger partial charge on any atom is 0.429 e. The number of aromatic nitrogens is 2. The molecule has 1 aromatic carbocycles. The van der Waals surface area contributed by atoms with Crippen molar-refractivity contribution in [2.45, 2.75) is 70.2 Å². The van der Waals surface area contributed by atoms with Gasteiger partial charge >= 0.3 is 12.2 Å². The number of halogens is 2. The van der Waals surface area contributed by atoms with Crippen LogP contribution in [-0.2, 0) is 19.5 Å². The van der Waals surface area contributed by atoms with Crippen LogP contribution in [0.15, 0.2) is 35.7 Å². The Morgan fingerprint density at radius 1 is 1.12 bits per heavy atom. The van der Waals surface area contributed by atoms with E-state index in [9.17, 15) is 18.0 Å². The van der Waals surface area contributed by atoms with Gasteiger partial charge in [0.05, 0.1) is 29.3 Å². The summed E-state index contributed by atoms with van der Waals surface area (Å²) in [5.74, 6) is -1.26. The first-order valence-corrected chi connectivity index (χ1v) is 14.3. The molecule has 0 bridgehead atoms. The van der Waals surface area contributed by atoms with Crippen molar-refractivity contribution in [3.8, 4) is 0 Å². The summed E-state index contributed by atoms with van der Waals surface area (Å²) in [4.78, 5) is 31.7. The molecule has 2 atom stereocenters. The van der Waals surface area contributed by atoms with E-state index in [0.717, 1.165) is 30.9 Å². The molecule has 1 saturated heterocycles. The number of nitrogens with one attached hydrogen (secondary N) is 3. The van der Waals surface area contributed by atoms with Crippen molar-refractivity contribution in [3.63, 3.8) is 0 Å². The third-order valence-corrected chi connectivity index (χ3v) is 7.47. The number of rotatable bonds is 7. The number of ether oxygens (including phenoxy) is 2. The average molecular weight is 601 g/mol. The number of amides is 2. The summed E-state index contributed by atoms with van der Waals surface area (Å²) < 4.78 is 53.4. The van der Waals surface area contributed by atoms with Crippen LogP contribution in [0.1, 0.15) is 48.0 Å². The van der Waals surface area contributed by atoms with Crippen molar-refractivity contribution < 1.29 is 31.9 Å². The van der Waals surface area contributed by atoms with E-state index >= 15 is 4.39 Å². The largest absolute Gasteiger partial charge is 0.444 e. The highest BCUT2D eigenvalue weighted by molar-refractivity contribution is 7.93. The van der Waals surface area contributed by atoms with Gasteiger partial charge in [-0.1, -0.05) is 11.6 Å². The summed E-state index contributed by atoms with van der Waals surface area (Å²) >= 11 is 6.40. The van der Waals surface area contributed by atoms with Gasteiger partial charge in [-0.25, -0.2) is 32.4 Å². The smallest absolute Gasteiger partial charge is 0.429 e. The minimum Gasteiger partial charge on any atom is -0.444 e. The minimum atomic E-state index is -4.85. The Bertz CT molecular complexity index is 1330. The predicted octanol–water partition coefficient (Wildman–Crippen LogP) is 4.27. The van der Waals surface area contributed by atoms with E-state index in [2.05, 4.69) is 25.9 Å². The van der Waals surface area contributed by atoms with Gasteiger partial charge in [-0.15, -0.1) is 0 Å². The molecule has 2 amide bonds. The Labute approximate surface area is 238 Å². The van der Waals surface area contributed by atoms with Gasteiger partial charge in [0.25, 0.3) is 10.0 Å². The van der Waals surface area contributed by atoms with Crippen molar-refractivity contribution in [1.82, 2.24) is 20.6 Å². The first-order chi connectivity index (χ1) is 18.5. The third-order valence-electron chi connectivity index (χ3n) is 5.45. The Morgan fingerprint density at radius 2 is 1.75 bits per heavy atom. The van der Waals surface area contributed by atoms with Crippen molar-refractivity contribution in [3.05, 3.63) is 41.7 Å².